The van der Waals surface area contributed by atoms with E-state index in [2.05, 4.69) is 15.9 Å². The molecule has 0 aliphatic rings. The highest BCUT2D eigenvalue weighted by molar-refractivity contribution is 9.09. The number of ketones is 1. The number of aliphatic carboxylic acids is 1. The molecule has 1 unspecified atom stereocenters. The Labute approximate surface area is 116 Å². The topological polar surface area (TPSA) is 118 Å². The van der Waals surface area contributed by atoms with Crippen molar-refractivity contribution in [2.24, 2.45) is 0 Å². The van der Waals surface area contributed by atoms with Crippen LogP contribution in [0.4, 0.5) is 5.69 Å². The first-order valence-electron chi connectivity index (χ1n) is 5.12. The van der Waals surface area contributed by atoms with Crippen molar-refractivity contribution in [3.63, 3.8) is 0 Å². The highest BCUT2D eigenvalue weighted by atomic mass is 79.9. The maximum Gasteiger partial charge on any atom is 0.337 e. The van der Waals surface area contributed by atoms with Crippen LogP contribution in [0.15, 0.2) is 18.2 Å². The summed E-state index contributed by atoms with van der Waals surface area (Å²) < 4.78 is 0. The highest BCUT2D eigenvalue weighted by Gasteiger charge is 2.22. The van der Waals surface area contributed by atoms with Crippen LogP contribution in [0.1, 0.15) is 17.2 Å². The van der Waals surface area contributed by atoms with E-state index in [1.807, 2.05) is 0 Å². The molecule has 0 aromatic heterocycles. The first kappa shape index (κ1) is 15.3. The van der Waals surface area contributed by atoms with Crippen LogP contribution in [0.25, 0.3) is 0 Å². The minimum Gasteiger partial charge on any atom is -0.479 e. The molecule has 0 saturated carbocycles. The molecule has 0 amide bonds. The number of carboxylic acid groups (broad SMARTS) is 1. The van der Waals surface area contributed by atoms with Gasteiger partial charge in [0.1, 0.15) is 5.78 Å². The van der Waals surface area contributed by atoms with Crippen LogP contribution in [-0.4, -0.2) is 32.2 Å². The molecule has 2 N–H and O–H groups in total. The van der Waals surface area contributed by atoms with Gasteiger partial charge in [-0.05, 0) is 5.56 Å². The second-order valence-electron chi connectivity index (χ2n) is 3.74. The summed E-state index contributed by atoms with van der Waals surface area (Å²) in [4.78, 5) is 32.1. The Kier molecular flexibility index (Phi) is 5.13. The average molecular weight is 332 g/mol. The number of alkyl halides is 1. The smallest absolute Gasteiger partial charge is 0.337 e. The van der Waals surface area contributed by atoms with Gasteiger partial charge in [0.25, 0.3) is 5.69 Å². The van der Waals surface area contributed by atoms with E-state index >= 15 is 0 Å². The lowest BCUT2D eigenvalue weighted by atomic mass is 10.0. The number of aliphatic hydroxyl groups excluding tert-OH is 1. The summed E-state index contributed by atoms with van der Waals surface area (Å²) in [6.07, 6.45) is -1.97. The fourth-order valence-electron chi connectivity index (χ4n) is 1.47. The normalized spacial score (nSPS) is 11.9. The van der Waals surface area contributed by atoms with Gasteiger partial charge in [-0.2, -0.15) is 0 Å². The van der Waals surface area contributed by atoms with E-state index in [9.17, 15) is 24.8 Å². The Bertz CT molecular complexity index is 530. The van der Waals surface area contributed by atoms with Gasteiger partial charge in [0.15, 0.2) is 6.10 Å². The van der Waals surface area contributed by atoms with Gasteiger partial charge in [-0.3, -0.25) is 14.9 Å². The van der Waals surface area contributed by atoms with Gasteiger partial charge >= 0.3 is 5.97 Å². The Balaban J connectivity index is 3.18. The highest BCUT2D eigenvalue weighted by Crippen LogP contribution is 2.25. The molecule has 1 rings (SSSR count). The molecule has 0 heterocycles. The summed E-state index contributed by atoms with van der Waals surface area (Å²) >= 11 is 2.95. The van der Waals surface area contributed by atoms with Crippen LogP contribution in [0.2, 0.25) is 0 Å². The third kappa shape index (κ3) is 3.83. The number of rotatable bonds is 6. The predicted octanol–water partition coefficient (Wildman–Crippen LogP) is 1.22. The van der Waals surface area contributed by atoms with Crippen molar-refractivity contribution in [2.75, 3.05) is 5.33 Å². The van der Waals surface area contributed by atoms with Gasteiger partial charge < -0.3 is 10.2 Å². The molecule has 0 fully saturated rings. The lowest BCUT2D eigenvalue weighted by Gasteiger charge is -2.07. The van der Waals surface area contributed by atoms with Gasteiger partial charge in [-0.15, -0.1) is 0 Å². The summed E-state index contributed by atoms with van der Waals surface area (Å²) in [6.45, 7) is 0. The van der Waals surface area contributed by atoms with Gasteiger partial charge in [-0.25, -0.2) is 4.79 Å². The zero-order chi connectivity index (χ0) is 14.6. The van der Waals surface area contributed by atoms with Crippen molar-refractivity contribution in [1.29, 1.82) is 0 Å². The number of Topliss-reactive ketones (excluding diaryl/α,β-unsaturated/α-hetero) is 1. The molecule has 19 heavy (non-hydrogen) atoms. The van der Waals surface area contributed by atoms with E-state index in [4.69, 9.17) is 5.11 Å². The van der Waals surface area contributed by atoms with E-state index in [1.165, 1.54) is 12.1 Å². The number of benzene rings is 1. The first-order valence-corrected chi connectivity index (χ1v) is 6.24. The van der Waals surface area contributed by atoms with Crippen molar-refractivity contribution in [3.05, 3.63) is 39.4 Å². The molecule has 8 heteroatoms. The van der Waals surface area contributed by atoms with Crippen molar-refractivity contribution in [3.8, 4) is 0 Å². The number of halogens is 1. The summed E-state index contributed by atoms with van der Waals surface area (Å²) in [7, 11) is 0. The number of carbonyl (C=O) groups excluding carboxylic acids is 1. The second kappa shape index (κ2) is 6.39. The largest absolute Gasteiger partial charge is 0.479 e. The Morgan fingerprint density at radius 3 is 2.53 bits per heavy atom. The third-order valence-electron chi connectivity index (χ3n) is 2.39. The lowest BCUT2D eigenvalue weighted by molar-refractivity contribution is -0.385. The number of nitro benzene ring substituents is 1. The molecule has 0 aliphatic heterocycles. The molecular formula is C11H10BrNO6. The van der Waals surface area contributed by atoms with Crippen molar-refractivity contribution >= 4 is 33.4 Å². The van der Waals surface area contributed by atoms with E-state index in [0.717, 1.165) is 6.07 Å². The number of carbonyl (C=O) groups is 2. The molecule has 1 aromatic rings. The molecule has 1 aromatic carbocycles. The Morgan fingerprint density at radius 1 is 1.42 bits per heavy atom. The quantitative estimate of drug-likeness (QED) is 0.459. The Morgan fingerprint density at radius 2 is 2.05 bits per heavy atom. The zero-order valence-electron chi connectivity index (χ0n) is 9.58. The SMILES string of the molecule is O=C(CBr)Cc1ccc(C(O)C(=O)O)cc1[N+](=O)[O-]. The van der Waals surface area contributed by atoms with Crippen LogP contribution in [0, 0.1) is 10.1 Å². The van der Waals surface area contributed by atoms with Crippen LogP contribution < -0.4 is 0 Å². The van der Waals surface area contributed by atoms with Crippen molar-refractivity contribution in [1.82, 2.24) is 0 Å². The average Bonchev–Trinajstić information content (AvgIpc) is 2.37. The summed E-state index contributed by atoms with van der Waals surface area (Å²) in [5, 5.41) is 28.9. The maximum atomic E-state index is 11.3. The minimum atomic E-state index is -1.83. The number of hydrogen-bond donors (Lipinski definition) is 2. The van der Waals surface area contributed by atoms with Crippen molar-refractivity contribution in [2.45, 2.75) is 12.5 Å². The molecule has 0 radical (unpaired) electrons. The predicted molar refractivity (Wildman–Crippen MR) is 68.2 cm³/mol. The summed E-state index contributed by atoms with van der Waals surface area (Å²) in [6, 6.07) is 3.50. The van der Waals surface area contributed by atoms with Gasteiger partial charge in [-0.1, -0.05) is 28.1 Å². The number of nitro groups is 1. The summed E-state index contributed by atoms with van der Waals surface area (Å²) in [5.41, 5.74) is -0.308. The fraction of sp³-hybridized carbons (Fsp3) is 0.273. The second-order valence-corrected chi connectivity index (χ2v) is 4.30. The van der Waals surface area contributed by atoms with Crippen LogP contribution in [0.5, 0.6) is 0 Å². The van der Waals surface area contributed by atoms with Crippen LogP contribution in [-0.2, 0) is 16.0 Å². The standard InChI is InChI=1S/C11H10BrNO6/c12-5-8(14)3-6-1-2-7(10(15)11(16)17)4-9(6)13(18)19/h1-2,4,10,15H,3,5H2,(H,16,17). The monoisotopic (exact) mass is 331 g/mol. The first-order chi connectivity index (χ1) is 8.86. The molecule has 0 aliphatic carbocycles. The molecule has 1 atom stereocenters. The molecular weight excluding hydrogens is 322 g/mol. The van der Waals surface area contributed by atoms with Gasteiger partial charge in [0, 0.05) is 18.1 Å². The molecule has 7 nitrogen and oxygen atoms in total. The lowest BCUT2D eigenvalue weighted by Crippen LogP contribution is -2.12. The van der Waals surface area contributed by atoms with Crippen LogP contribution in [0.3, 0.4) is 0 Å². The van der Waals surface area contributed by atoms with Gasteiger partial charge in [0.05, 0.1) is 10.3 Å². The van der Waals surface area contributed by atoms with Crippen molar-refractivity contribution < 1.29 is 24.7 Å². The molecule has 0 saturated heterocycles. The summed E-state index contributed by atoms with van der Waals surface area (Å²) in [5.74, 6) is -1.74. The Hall–Kier alpha value is -1.80. The number of carboxylic acids is 1. The molecule has 102 valence electrons. The number of aliphatic hydroxyl groups is 1. The molecule has 0 bridgehead atoms. The zero-order valence-corrected chi connectivity index (χ0v) is 11.2. The van der Waals surface area contributed by atoms with Gasteiger partial charge in [0.2, 0.25) is 0 Å². The number of nitrogens with zero attached hydrogens (tertiary/aromatic N) is 1. The van der Waals surface area contributed by atoms with E-state index in [0.29, 0.717) is 0 Å². The fourth-order valence-corrected chi connectivity index (χ4v) is 1.67. The maximum absolute atomic E-state index is 11.3. The number of hydrogen-bond acceptors (Lipinski definition) is 5. The van der Waals surface area contributed by atoms with E-state index in [-0.39, 0.29) is 34.3 Å². The minimum absolute atomic E-state index is 0.0731. The van der Waals surface area contributed by atoms with E-state index in [1.54, 1.807) is 0 Å². The third-order valence-corrected chi connectivity index (χ3v) is 3.02. The molecule has 0 spiro atoms. The van der Waals surface area contributed by atoms with E-state index < -0.39 is 17.0 Å². The van der Waals surface area contributed by atoms with Crippen LogP contribution >= 0.6 is 15.9 Å².